The number of aryl methyl sites for hydroxylation is 1. The standard InChI is InChI=1S/C17H16N2OS/c18-13-21-17(20)15-10-8-14(9-11-15)5-4-12-19-16-6-2-1-3-7-16/h1-3,6-11,19H,4-5,12H2. The number of thiocyanates is 1. The maximum Gasteiger partial charge on any atom is 0.233 e. The summed E-state index contributed by atoms with van der Waals surface area (Å²) < 4.78 is 0. The van der Waals surface area contributed by atoms with Gasteiger partial charge in [-0.25, -0.2) is 0 Å². The fourth-order valence-corrected chi connectivity index (χ4v) is 2.33. The molecule has 0 amide bonds. The van der Waals surface area contributed by atoms with Gasteiger partial charge in [0.05, 0.1) is 0 Å². The fraction of sp³-hybridized carbons (Fsp3) is 0.176. The highest BCUT2D eigenvalue weighted by Crippen LogP contribution is 2.13. The molecule has 0 fully saturated rings. The SMILES string of the molecule is N#CSC(=O)c1ccc(CCCNc2ccccc2)cc1. The molecular weight excluding hydrogens is 280 g/mol. The molecule has 2 rings (SSSR count). The lowest BCUT2D eigenvalue weighted by Crippen LogP contribution is -2.02. The van der Waals surface area contributed by atoms with Gasteiger partial charge in [0.15, 0.2) is 0 Å². The Morgan fingerprint density at radius 2 is 1.81 bits per heavy atom. The van der Waals surface area contributed by atoms with E-state index >= 15 is 0 Å². The van der Waals surface area contributed by atoms with Crippen LogP contribution in [0.2, 0.25) is 0 Å². The highest BCUT2D eigenvalue weighted by Gasteiger charge is 2.05. The van der Waals surface area contributed by atoms with Crippen molar-refractivity contribution in [3.8, 4) is 5.40 Å². The van der Waals surface area contributed by atoms with E-state index in [1.54, 1.807) is 17.5 Å². The second kappa shape index (κ2) is 8.13. The van der Waals surface area contributed by atoms with Crippen molar-refractivity contribution in [3.05, 3.63) is 65.7 Å². The molecule has 0 unspecified atom stereocenters. The molecule has 0 bridgehead atoms. The Morgan fingerprint density at radius 1 is 1.10 bits per heavy atom. The van der Waals surface area contributed by atoms with Crippen molar-refractivity contribution in [1.29, 1.82) is 5.26 Å². The minimum atomic E-state index is -0.199. The van der Waals surface area contributed by atoms with Gasteiger partial charge >= 0.3 is 0 Å². The van der Waals surface area contributed by atoms with E-state index in [1.165, 1.54) is 5.56 Å². The van der Waals surface area contributed by atoms with Gasteiger partial charge < -0.3 is 5.32 Å². The van der Waals surface area contributed by atoms with Gasteiger partial charge in [-0.1, -0.05) is 42.5 Å². The van der Waals surface area contributed by atoms with Gasteiger partial charge in [-0.15, -0.1) is 0 Å². The van der Waals surface area contributed by atoms with E-state index in [0.29, 0.717) is 17.3 Å². The van der Waals surface area contributed by atoms with Gasteiger partial charge in [0, 0.05) is 29.6 Å². The second-order valence-electron chi connectivity index (χ2n) is 4.57. The lowest BCUT2D eigenvalue weighted by atomic mass is 10.1. The lowest BCUT2D eigenvalue weighted by molar-refractivity contribution is 0.109. The van der Waals surface area contributed by atoms with E-state index in [-0.39, 0.29) is 5.12 Å². The van der Waals surface area contributed by atoms with E-state index < -0.39 is 0 Å². The molecule has 4 heteroatoms. The summed E-state index contributed by atoms with van der Waals surface area (Å²) in [5, 5.41) is 13.4. The Kier molecular flexibility index (Phi) is 5.86. The van der Waals surface area contributed by atoms with Crippen molar-refractivity contribution in [2.45, 2.75) is 12.8 Å². The summed E-state index contributed by atoms with van der Waals surface area (Å²) in [6.07, 6.45) is 1.98. The molecule has 0 saturated carbocycles. The van der Waals surface area contributed by atoms with Crippen LogP contribution in [0.3, 0.4) is 0 Å². The van der Waals surface area contributed by atoms with Crippen LogP contribution in [0.4, 0.5) is 5.69 Å². The van der Waals surface area contributed by atoms with Crippen LogP contribution in [0.5, 0.6) is 0 Å². The van der Waals surface area contributed by atoms with Crippen molar-refractivity contribution < 1.29 is 4.79 Å². The number of thioether (sulfide) groups is 1. The van der Waals surface area contributed by atoms with Crippen LogP contribution in [0.15, 0.2) is 54.6 Å². The first-order valence-electron chi connectivity index (χ1n) is 6.78. The molecule has 21 heavy (non-hydrogen) atoms. The molecular formula is C17H16N2OS. The number of para-hydroxylation sites is 1. The predicted molar refractivity (Wildman–Crippen MR) is 87.2 cm³/mol. The van der Waals surface area contributed by atoms with Crippen LogP contribution in [0.1, 0.15) is 22.3 Å². The van der Waals surface area contributed by atoms with Crippen LogP contribution >= 0.6 is 11.8 Å². The number of carbonyl (C=O) groups excluding carboxylic acids is 1. The molecule has 0 aliphatic heterocycles. The van der Waals surface area contributed by atoms with Gasteiger partial charge in [-0.2, -0.15) is 5.26 Å². The van der Waals surface area contributed by atoms with Gasteiger partial charge in [-0.3, -0.25) is 4.79 Å². The number of nitrogens with zero attached hydrogens (tertiary/aromatic N) is 1. The van der Waals surface area contributed by atoms with Crippen LogP contribution in [-0.4, -0.2) is 11.7 Å². The third-order valence-corrected chi connectivity index (χ3v) is 3.59. The first kappa shape index (κ1) is 15.1. The average molecular weight is 296 g/mol. The molecule has 0 aromatic heterocycles. The second-order valence-corrected chi connectivity index (χ2v) is 5.33. The molecule has 0 aliphatic carbocycles. The Morgan fingerprint density at radius 3 is 2.48 bits per heavy atom. The van der Waals surface area contributed by atoms with Crippen LogP contribution in [-0.2, 0) is 6.42 Å². The summed E-state index contributed by atoms with van der Waals surface area (Å²) >= 11 is 0.666. The number of nitriles is 1. The highest BCUT2D eigenvalue weighted by molar-refractivity contribution is 8.18. The molecule has 2 aromatic carbocycles. The highest BCUT2D eigenvalue weighted by atomic mass is 32.2. The van der Waals surface area contributed by atoms with Gasteiger partial charge in [0.2, 0.25) is 5.12 Å². The number of rotatable bonds is 6. The zero-order valence-corrected chi connectivity index (χ0v) is 12.4. The Labute approximate surface area is 129 Å². The Balaban J connectivity index is 1.76. The van der Waals surface area contributed by atoms with Crippen molar-refractivity contribution in [2.24, 2.45) is 0 Å². The molecule has 0 heterocycles. The fourth-order valence-electron chi connectivity index (χ4n) is 1.99. The van der Waals surface area contributed by atoms with Crippen molar-refractivity contribution in [1.82, 2.24) is 0 Å². The molecule has 1 N–H and O–H groups in total. The summed E-state index contributed by atoms with van der Waals surface area (Å²) in [5.74, 6) is 0. The summed E-state index contributed by atoms with van der Waals surface area (Å²) in [6, 6.07) is 17.6. The zero-order chi connectivity index (χ0) is 14.9. The van der Waals surface area contributed by atoms with E-state index in [2.05, 4.69) is 5.32 Å². The molecule has 3 nitrogen and oxygen atoms in total. The summed E-state index contributed by atoms with van der Waals surface area (Å²) in [5.41, 5.74) is 2.91. The zero-order valence-electron chi connectivity index (χ0n) is 11.6. The maximum absolute atomic E-state index is 11.5. The molecule has 0 saturated heterocycles. The van der Waals surface area contributed by atoms with Crippen molar-refractivity contribution >= 4 is 22.6 Å². The first-order chi connectivity index (χ1) is 10.3. The van der Waals surface area contributed by atoms with Crippen LogP contribution in [0, 0.1) is 10.7 Å². The van der Waals surface area contributed by atoms with Crippen molar-refractivity contribution in [3.63, 3.8) is 0 Å². The van der Waals surface area contributed by atoms with E-state index in [0.717, 1.165) is 25.1 Å². The summed E-state index contributed by atoms with van der Waals surface area (Å²) in [7, 11) is 0. The Hall–Kier alpha value is -2.25. The number of anilines is 1. The summed E-state index contributed by atoms with van der Waals surface area (Å²) in [4.78, 5) is 11.5. The molecule has 0 atom stereocenters. The summed E-state index contributed by atoms with van der Waals surface area (Å²) in [6.45, 7) is 0.912. The monoisotopic (exact) mass is 296 g/mol. The minimum Gasteiger partial charge on any atom is -0.385 e. The molecule has 0 aliphatic rings. The molecule has 0 spiro atoms. The predicted octanol–water partition coefficient (Wildman–Crippen LogP) is 4.09. The van der Waals surface area contributed by atoms with Crippen molar-refractivity contribution in [2.75, 3.05) is 11.9 Å². The first-order valence-corrected chi connectivity index (χ1v) is 7.59. The lowest BCUT2D eigenvalue weighted by Gasteiger charge is -2.06. The number of carbonyl (C=O) groups is 1. The Bertz CT molecular complexity index is 617. The van der Waals surface area contributed by atoms with Gasteiger partial charge in [0.25, 0.3) is 0 Å². The third-order valence-electron chi connectivity index (χ3n) is 3.07. The molecule has 2 aromatic rings. The largest absolute Gasteiger partial charge is 0.385 e. The van der Waals surface area contributed by atoms with Gasteiger partial charge in [-0.05, 0) is 30.5 Å². The quantitative estimate of drug-likeness (QED) is 0.644. The molecule has 0 radical (unpaired) electrons. The number of benzene rings is 2. The molecule has 106 valence electrons. The maximum atomic E-state index is 11.5. The normalized spacial score (nSPS) is 9.86. The topological polar surface area (TPSA) is 52.9 Å². The average Bonchev–Trinajstić information content (AvgIpc) is 2.53. The number of hydrogen-bond donors (Lipinski definition) is 1. The third kappa shape index (κ3) is 4.97. The smallest absolute Gasteiger partial charge is 0.233 e. The van der Waals surface area contributed by atoms with E-state index in [4.69, 9.17) is 5.26 Å². The number of hydrogen-bond acceptors (Lipinski definition) is 4. The van der Waals surface area contributed by atoms with Crippen LogP contribution in [0.25, 0.3) is 0 Å². The van der Waals surface area contributed by atoms with E-state index in [1.807, 2.05) is 42.5 Å². The number of nitrogens with one attached hydrogen (secondary N) is 1. The van der Waals surface area contributed by atoms with Crippen LogP contribution < -0.4 is 5.32 Å². The van der Waals surface area contributed by atoms with E-state index in [9.17, 15) is 4.79 Å². The minimum absolute atomic E-state index is 0.199. The van der Waals surface area contributed by atoms with Gasteiger partial charge in [0.1, 0.15) is 5.40 Å².